The van der Waals surface area contributed by atoms with E-state index in [-0.39, 0.29) is 28.9 Å². The first-order valence-electron chi connectivity index (χ1n) is 11.0. The van der Waals surface area contributed by atoms with E-state index in [1.165, 1.54) is 12.5 Å². The smallest absolute Gasteiger partial charge is 0.296 e. The van der Waals surface area contributed by atoms with Gasteiger partial charge in [0.15, 0.2) is 5.69 Å². The Balaban J connectivity index is 1.60. The van der Waals surface area contributed by atoms with Crippen molar-refractivity contribution in [2.24, 2.45) is 16.1 Å². The lowest BCUT2D eigenvalue weighted by molar-refractivity contribution is -0.384. The van der Waals surface area contributed by atoms with Crippen molar-refractivity contribution >= 4 is 17.3 Å². The first-order valence-corrected chi connectivity index (χ1v) is 11.0. The van der Waals surface area contributed by atoms with Crippen LogP contribution in [0.1, 0.15) is 50.0 Å². The fraction of sp³-hybridized carbons (Fsp3) is 0.375. The molecule has 8 heteroatoms. The molecule has 0 aromatic heterocycles. The fourth-order valence-electron chi connectivity index (χ4n) is 4.53. The summed E-state index contributed by atoms with van der Waals surface area (Å²) in [6.45, 7) is 0. The molecule has 4 rings (SSSR count). The molecule has 2 aliphatic carbocycles. The number of hydrogen-bond acceptors (Lipinski definition) is 6. The van der Waals surface area contributed by atoms with Gasteiger partial charge in [-0.05, 0) is 31.4 Å². The molecular weight excluding hydrogens is 408 g/mol. The minimum Gasteiger partial charge on any atom is -0.508 e. The Morgan fingerprint density at radius 2 is 1.78 bits per heavy atom. The summed E-state index contributed by atoms with van der Waals surface area (Å²) in [4.78, 5) is 23.7. The van der Waals surface area contributed by atoms with Crippen LogP contribution < -0.4 is 5.32 Å². The number of nitrogens with zero attached hydrogens (tertiary/aromatic N) is 3. The minimum absolute atomic E-state index is 0.00214. The van der Waals surface area contributed by atoms with Crippen molar-refractivity contribution in [2.45, 2.75) is 50.5 Å². The maximum atomic E-state index is 12.9. The predicted molar refractivity (Wildman–Crippen MR) is 120 cm³/mol. The number of benzene rings is 2. The molecular formula is C24H26N4O4. The fourth-order valence-corrected chi connectivity index (χ4v) is 4.53. The number of phenolic OH excluding ortho intramolecular Hbond substituents is 1. The summed E-state index contributed by atoms with van der Waals surface area (Å²) in [6, 6.07) is 12.8. The summed E-state index contributed by atoms with van der Waals surface area (Å²) in [5.74, 6) is -0.270. The minimum atomic E-state index is -0.489. The number of carbonyl (C=O) groups is 1. The molecule has 2 N–H and O–H groups in total. The van der Waals surface area contributed by atoms with Crippen LogP contribution in [0.15, 0.2) is 70.5 Å². The van der Waals surface area contributed by atoms with Crippen LogP contribution in [0.2, 0.25) is 0 Å². The summed E-state index contributed by atoms with van der Waals surface area (Å²) in [6.07, 6.45) is 7.49. The van der Waals surface area contributed by atoms with Crippen LogP contribution in [-0.2, 0) is 4.79 Å². The molecule has 2 aromatic rings. The van der Waals surface area contributed by atoms with Gasteiger partial charge in [0.05, 0.1) is 16.9 Å². The van der Waals surface area contributed by atoms with Crippen LogP contribution in [-0.4, -0.2) is 22.0 Å². The van der Waals surface area contributed by atoms with Crippen molar-refractivity contribution in [1.29, 1.82) is 0 Å². The molecule has 1 saturated carbocycles. The number of rotatable bonds is 6. The number of hydrogen-bond donors (Lipinski definition) is 2. The number of phenols is 1. The third-order valence-corrected chi connectivity index (χ3v) is 6.21. The van der Waals surface area contributed by atoms with Crippen molar-refractivity contribution in [1.82, 2.24) is 5.32 Å². The lowest BCUT2D eigenvalue weighted by Crippen LogP contribution is -2.33. The number of carbonyl (C=O) groups excluding carboxylic acids is 1. The van der Waals surface area contributed by atoms with Crippen molar-refractivity contribution < 1.29 is 14.8 Å². The van der Waals surface area contributed by atoms with Gasteiger partial charge in [0.1, 0.15) is 5.75 Å². The molecule has 0 radical (unpaired) electrons. The van der Waals surface area contributed by atoms with Gasteiger partial charge in [-0.25, -0.2) is 0 Å². The molecule has 0 aliphatic heterocycles. The van der Waals surface area contributed by atoms with Crippen LogP contribution in [0.3, 0.4) is 0 Å². The lowest BCUT2D eigenvalue weighted by Gasteiger charge is -2.25. The van der Waals surface area contributed by atoms with Gasteiger partial charge < -0.3 is 10.4 Å². The Kier molecular flexibility index (Phi) is 6.58. The molecule has 166 valence electrons. The van der Waals surface area contributed by atoms with E-state index in [4.69, 9.17) is 0 Å². The predicted octanol–water partition coefficient (Wildman–Crippen LogP) is 5.52. The summed E-state index contributed by atoms with van der Waals surface area (Å²) in [5.41, 5.74) is 1.40. The van der Waals surface area contributed by atoms with Crippen molar-refractivity contribution in [2.75, 3.05) is 0 Å². The van der Waals surface area contributed by atoms with Crippen LogP contribution >= 0.6 is 0 Å². The normalized spacial score (nSPS) is 21.4. The van der Waals surface area contributed by atoms with E-state index < -0.39 is 16.9 Å². The van der Waals surface area contributed by atoms with E-state index in [0.29, 0.717) is 17.7 Å². The number of azo groups is 1. The van der Waals surface area contributed by atoms with Gasteiger partial charge in [0.25, 0.3) is 5.69 Å². The Morgan fingerprint density at radius 1 is 1.06 bits per heavy atom. The molecule has 0 bridgehead atoms. The molecule has 8 nitrogen and oxygen atoms in total. The zero-order valence-corrected chi connectivity index (χ0v) is 17.7. The number of nitro benzene ring substituents is 1. The van der Waals surface area contributed by atoms with Crippen molar-refractivity contribution in [3.8, 4) is 5.75 Å². The zero-order valence-electron chi connectivity index (χ0n) is 17.7. The molecule has 2 atom stereocenters. The SMILES string of the molecule is O=C(NC1=CCC(N=Nc2ccccc2[N+](=O)[O-])C1c1ccccc1O)C1CCCCC1. The molecule has 2 aromatic carbocycles. The van der Waals surface area contributed by atoms with Gasteiger partial charge in [-0.15, -0.1) is 5.11 Å². The average molecular weight is 434 g/mol. The molecule has 2 unspecified atom stereocenters. The molecule has 0 heterocycles. The van der Waals surface area contributed by atoms with Crippen LogP contribution in [0.4, 0.5) is 11.4 Å². The van der Waals surface area contributed by atoms with Crippen molar-refractivity contribution in [3.63, 3.8) is 0 Å². The highest BCUT2D eigenvalue weighted by atomic mass is 16.6. The second-order valence-corrected chi connectivity index (χ2v) is 8.28. The molecule has 1 fully saturated rings. The van der Waals surface area contributed by atoms with Gasteiger partial charge in [-0.3, -0.25) is 14.9 Å². The average Bonchev–Trinajstić information content (AvgIpc) is 3.20. The summed E-state index contributed by atoms with van der Waals surface area (Å²) >= 11 is 0. The van der Waals surface area contributed by atoms with Crippen molar-refractivity contribution in [3.05, 3.63) is 76.0 Å². The summed E-state index contributed by atoms with van der Waals surface area (Å²) in [5, 5.41) is 33.4. The standard InChI is InChI=1S/C24H26N4O4/c29-22-13-7-4-10-17(22)23-19(25-24(30)16-8-2-1-3-9-16)14-15-20(23)27-26-18-11-5-6-12-21(18)28(31)32/h4-7,10-14,16,20,23,29H,1-3,8-9,15H2,(H,25,30). The second-order valence-electron chi connectivity index (χ2n) is 8.28. The second kappa shape index (κ2) is 9.72. The Hall–Kier alpha value is -3.55. The molecule has 0 spiro atoms. The van der Waals surface area contributed by atoms with Gasteiger partial charge in [0, 0.05) is 23.2 Å². The first-order chi connectivity index (χ1) is 15.5. The van der Waals surface area contributed by atoms with Gasteiger partial charge in [-0.2, -0.15) is 5.11 Å². The van der Waals surface area contributed by atoms with Crippen LogP contribution in [0.25, 0.3) is 0 Å². The maximum absolute atomic E-state index is 12.9. The third-order valence-electron chi connectivity index (χ3n) is 6.21. The Labute approximate surface area is 186 Å². The van der Waals surface area contributed by atoms with Crippen LogP contribution in [0.5, 0.6) is 5.75 Å². The highest BCUT2D eigenvalue weighted by Gasteiger charge is 2.35. The van der Waals surface area contributed by atoms with Gasteiger partial charge in [0.2, 0.25) is 5.91 Å². The van der Waals surface area contributed by atoms with Crippen LogP contribution in [0, 0.1) is 16.0 Å². The first kappa shape index (κ1) is 21.7. The molecule has 2 aliphatic rings. The van der Waals surface area contributed by atoms with E-state index in [1.807, 2.05) is 12.1 Å². The Morgan fingerprint density at radius 3 is 2.53 bits per heavy atom. The highest BCUT2D eigenvalue weighted by molar-refractivity contribution is 5.81. The lowest BCUT2D eigenvalue weighted by atomic mass is 9.87. The monoisotopic (exact) mass is 434 g/mol. The Bertz CT molecular complexity index is 1060. The summed E-state index contributed by atoms with van der Waals surface area (Å²) < 4.78 is 0. The van der Waals surface area contributed by atoms with E-state index in [2.05, 4.69) is 15.5 Å². The van der Waals surface area contributed by atoms with Gasteiger partial charge >= 0.3 is 0 Å². The van der Waals surface area contributed by atoms with E-state index >= 15 is 0 Å². The molecule has 0 saturated heterocycles. The van der Waals surface area contributed by atoms with E-state index in [1.54, 1.807) is 36.4 Å². The number of amides is 1. The van der Waals surface area contributed by atoms with Gasteiger partial charge in [-0.1, -0.05) is 55.7 Å². The van der Waals surface area contributed by atoms with E-state index in [9.17, 15) is 20.0 Å². The van der Waals surface area contributed by atoms with E-state index in [0.717, 1.165) is 25.7 Å². The largest absolute Gasteiger partial charge is 0.508 e. The third kappa shape index (κ3) is 4.69. The number of nitro groups is 1. The summed E-state index contributed by atoms with van der Waals surface area (Å²) in [7, 11) is 0. The highest BCUT2D eigenvalue weighted by Crippen LogP contribution is 2.41. The molecule has 1 amide bonds. The maximum Gasteiger partial charge on any atom is 0.296 e. The molecule has 32 heavy (non-hydrogen) atoms. The zero-order chi connectivity index (χ0) is 22.5. The quantitative estimate of drug-likeness (QED) is 0.353. The number of para-hydroxylation sites is 2. The topological polar surface area (TPSA) is 117 Å². The number of aromatic hydroxyl groups is 1. The number of nitrogens with one attached hydrogen (secondary N) is 1.